The van der Waals surface area contributed by atoms with E-state index in [2.05, 4.69) is 10.6 Å². The van der Waals surface area contributed by atoms with E-state index < -0.39 is 11.6 Å². The van der Waals surface area contributed by atoms with Crippen molar-refractivity contribution in [2.75, 3.05) is 11.9 Å². The summed E-state index contributed by atoms with van der Waals surface area (Å²) in [5.74, 6) is -0.735. The van der Waals surface area contributed by atoms with Crippen molar-refractivity contribution in [3.05, 3.63) is 65.2 Å². The highest BCUT2D eigenvalue weighted by Crippen LogP contribution is 2.26. The number of benzene rings is 2. The van der Waals surface area contributed by atoms with Gasteiger partial charge in [-0.15, -0.1) is 0 Å². The lowest BCUT2D eigenvalue weighted by atomic mass is 9.93. The molecule has 1 fully saturated rings. The van der Waals surface area contributed by atoms with Gasteiger partial charge in [-0.05, 0) is 67.9 Å². The largest absolute Gasteiger partial charge is 0.325 e. The van der Waals surface area contributed by atoms with Crippen LogP contribution in [0, 0.1) is 0 Å². The first-order chi connectivity index (χ1) is 13.9. The Morgan fingerprint density at radius 3 is 2.66 bits per heavy atom. The first-order valence-electron chi connectivity index (χ1n) is 10.0. The number of rotatable bonds is 6. The van der Waals surface area contributed by atoms with Crippen LogP contribution in [-0.2, 0) is 28.9 Å². The maximum Gasteiger partial charge on any atom is 0.325 e. The Hall–Kier alpha value is -3.15. The second-order valence-electron chi connectivity index (χ2n) is 8.02. The van der Waals surface area contributed by atoms with Crippen molar-refractivity contribution in [2.45, 2.75) is 44.6 Å². The molecule has 1 saturated heterocycles. The highest BCUT2D eigenvalue weighted by atomic mass is 16.2. The predicted octanol–water partition coefficient (Wildman–Crippen LogP) is 3.06. The summed E-state index contributed by atoms with van der Waals surface area (Å²) in [4.78, 5) is 38.7. The highest BCUT2D eigenvalue weighted by molar-refractivity contribution is 6.09. The number of anilines is 1. The van der Waals surface area contributed by atoms with E-state index >= 15 is 0 Å². The zero-order valence-corrected chi connectivity index (χ0v) is 16.5. The number of urea groups is 1. The maximum absolute atomic E-state index is 12.9. The lowest BCUT2D eigenvalue weighted by Gasteiger charge is -2.21. The lowest BCUT2D eigenvalue weighted by Crippen LogP contribution is -2.45. The fourth-order valence-electron chi connectivity index (χ4n) is 4.09. The maximum atomic E-state index is 12.9. The molecule has 2 N–H and O–H groups in total. The Balaban J connectivity index is 1.37. The van der Waals surface area contributed by atoms with Crippen LogP contribution in [0.3, 0.4) is 0 Å². The van der Waals surface area contributed by atoms with Crippen molar-refractivity contribution >= 4 is 23.5 Å². The van der Waals surface area contributed by atoms with E-state index in [1.807, 2.05) is 48.5 Å². The second-order valence-corrected chi connectivity index (χ2v) is 8.02. The number of nitrogens with zero attached hydrogens (tertiary/aromatic N) is 1. The average Bonchev–Trinajstić information content (AvgIpc) is 3.25. The summed E-state index contributed by atoms with van der Waals surface area (Å²) >= 11 is 0. The van der Waals surface area contributed by atoms with Crippen molar-refractivity contribution < 1.29 is 14.4 Å². The number of carbonyl (C=O) groups is 3. The third kappa shape index (κ3) is 4.01. The molecule has 0 aromatic heterocycles. The highest BCUT2D eigenvalue weighted by Gasteiger charge is 2.47. The first-order valence-corrected chi connectivity index (χ1v) is 10.0. The van der Waals surface area contributed by atoms with Crippen LogP contribution in [0.2, 0.25) is 0 Å². The van der Waals surface area contributed by atoms with Gasteiger partial charge in [0.25, 0.3) is 5.91 Å². The van der Waals surface area contributed by atoms with E-state index in [1.54, 1.807) is 6.92 Å². The van der Waals surface area contributed by atoms with Crippen molar-refractivity contribution in [2.24, 2.45) is 0 Å². The Morgan fingerprint density at radius 2 is 1.86 bits per heavy atom. The number of fused-ring (bicyclic) bond motifs is 1. The van der Waals surface area contributed by atoms with Crippen LogP contribution in [-0.4, -0.2) is 34.8 Å². The summed E-state index contributed by atoms with van der Waals surface area (Å²) in [6.07, 6.45) is 4.37. The molecule has 0 saturated carbocycles. The van der Waals surface area contributed by atoms with Gasteiger partial charge in [0.05, 0.1) is 0 Å². The smallest absolute Gasteiger partial charge is 0.325 e. The van der Waals surface area contributed by atoms with Gasteiger partial charge in [0.1, 0.15) is 12.1 Å². The normalized spacial score (nSPS) is 20.5. The Labute approximate surface area is 170 Å². The Morgan fingerprint density at radius 1 is 1.10 bits per heavy atom. The summed E-state index contributed by atoms with van der Waals surface area (Å²) in [5, 5.41) is 5.57. The molecule has 150 valence electrons. The molecule has 2 aromatic rings. The molecule has 29 heavy (non-hydrogen) atoms. The predicted molar refractivity (Wildman–Crippen MR) is 111 cm³/mol. The summed E-state index contributed by atoms with van der Waals surface area (Å²) < 4.78 is 0. The van der Waals surface area contributed by atoms with Crippen molar-refractivity contribution in [3.8, 4) is 0 Å². The molecule has 1 aliphatic heterocycles. The monoisotopic (exact) mass is 391 g/mol. The van der Waals surface area contributed by atoms with Crippen LogP contribution < -0.4 is 10.6 Å². The molecule has 0 radical (unpaired) electrons. The fourth-order valence-corrected chi connectivity index (χ4v) is 4.09. The molecule has 1 unspecified atom stereocenters. The van der Waals surface area contributed by atoms with Gasteiger partial charge in [0.2, 0.25) is 5.91 Å². The molecule has 1 aliphatic carbocycles. The quantitative estimate of drug-likeness (QED) is 0.743. The van der Waals surface area contributed by atoms with E-state index in [1.165, 1.54) is 11.1 Å². The number of hydrogen-bond acceptors (Lipinski definition) is 3. The Kier molecular flexibility index (Phi) is 5.09. The van der Waals surface area contributed by atoms with Gasteiger partial charge in [-0.3, -0.25) is 14.5 Å². The van der Waals surface area contributed by atoms with E-state index in [9.17, 15) is 14.4 Å². The molecule has 0 spiro atoms. The van der Waals surface area contributed by atoms with Gasteiger partial charge in [-0.25, -0.2) is 4.79 Å². The number of nitrogens with one attached hydrogen (secondary N) is 2. The van der Waals surface area contributed by atoms with Crippen molar-refractivity contribution in [1.29, 1.82) is 0 Å². The van der Waals surface area contributed by atoms with Crippen LogP contribution in [0.4, 0.5) is 10.5 Å². The molecular formula is C23H25N3O3. The minimum atomic E-state index is -0.999. The number of imide groups is 1. The molecule has 1 heterocycles. The van der Waals surface area contributed by atoms with Crippen LogP contribution in [0.1, 0.15) is 36.5 Å². The number of amides is 4. The van der Waals surface area contributed by atoms with Crippen LogP contribution >= 0.6 is 0 Å². The standard InChI is InChI=1S/C23H25N3O3/c1-23(13-12-16-6-3-2-4-7-16)21(28)26(22(29)25-23)15-20(27)24-19-11-10-17-8-5-9-18(17)14-19/h2-4,6-7,10-11,14H,5,8-9,12-13,15H2,1H3,(H,24,27)(H,25,29). The zero-order valence-electron chi connectivity index (χ0n) is 16.5. The molecule has 6 heteroatoms. The lowest BCUT2D eigenvalue weighted by molar-refractivity contribution is -0.133. The van der Waals surface area contributed by atoms with E-state index in [0.29, 0.717) is 18.5 Å². The van der Waals surface area contributed by atoms with Gasteiger partial charge < -0.3 is 10.6 Å². The summed E-state index contributed by atoms with van der Waals surface area (Å²) in [6.45, 7) is 1.43. The topological polar surface area (TPSA) is 78.5 Å². The molecule has 1 atom stereocenters. The van der Waals surface area contributed by atoms with Crippen molar-refractivity contribution in [1.82, 2.24) is 10.2 Å². The van der Waals surface area contributed by atoms with Gasteiger partial charge >= 0.3 is 6.03 Å². The first kappa shape index (κ1) is 19.2. The van der Waals surface area contributed by atoms with Crippen LogP contribution in [0.5, 0.6) is 0 Å². The average molecular weight is 391 g/mol. The minimum absolute atomic E-state index is 0.289. The molecule has 4 rings (SSSR count). The molecule has 2 aliphatic rings. The van der Waals surface area contributed by atoms with Gasteiger partial charge in [-0.1, -0.05) is 36.4 Å². The second kappa shape index (κ2) is 7.70. The molecule has 2 aromatic carbocycles. The van der Waals surface area contributed by atoms with Crippen molar-refractivity contribution in [3.63, 3.8) is 0 Å². The van der Waals surface area contributed by atoms with Gasteiger partial charge in [0.15, 0.2) is 0 Å². The number of carbonyl (C=O) groups excluding carboxylic acids is 3. The minimum Gasteiger partial charge on any atom is -0.325 e. The molecule has 6 nitrogen and oxygen atoms in total. The van der Waals surface area contributed by atoms with Gasteiger partial charge in [0, 0.05) is 5.69 Å². The fraction of sp³-hybridized carbons (Fsp3) is 0.348. The molecule has 4 amide bonds. The summed E-state index contributed by atoms with van der Waals surface area (Å²) in [7, 11) is 0. The van der Waals surface area contributed by atoms with Crippen LogP contribution in [0.25, 0.3) is 0 Å². The third-order valence-electron chi connectivity index (χ3n) is 5.79. The summed E-state index contributed by atoms with van der Waals surface area (Å²) in [5.41, 5.74) is 3.39. The van der Waals surface area contributed by atoms with Crippen LogP contribution in [0.15, 0.2) is 48.5 Å². The SMILES string of the molecule is CC1(CCc2ccccc2)NC(=O)N(CC(=O)Nc2ccc3c(c2)CCC3)C1=O. The van der Waals surface area contributed by atoms with Gasteiger partial charge in [-0.2, -0.15) is 0 Å². The van der Waals surface area contributed by atoms with E-state index in [-0.39, 0.29) is 18.4 Å². The Bertz CT molecular complexity index is 957. The third-order valence-corrected chi connectivity index (χ3v) is 5.79. The molecular weight excluding hydrogens is 366 g/mol. The number of aryl methyl sites for hydroxylation is 3. The van der Waals surface area contributed by atoms with E-state index in [0.717, 1.165) is 29.7 Å². The molecule has 0 bridgehead atoms. The zero-order chi connectivity index (χ0) is 20.4. The van der Waals surface area contributed by atoms with E-state index in [4.69, 9.17) is 0 Å². The number of hydrogen-bond donors (Lipinski definition) is 2. The summed E-state index contributed by atoms with van der Waals surface area (Å²) in [6, 6.07) is 15.2.